The molecule has 0 atom stereocenters. The van der Waals surface area contributed by atoms with Crippen LogP contribution in [0.4, 0.5) is 11.4 Å². The summed E-state index contributed by atoms with van der Waals surface area (Å²) in [5.41, 5.74) is 6.86. The van der Waals surface area contributed by atoms with Gasteiger partial charge in [-0.05, 0) is 24.6 Å². The zero-order valence-corrected chi connectivity index (χ0v) is 10.9. The highest BCUT2D eigenvalue weighted by molar-refractivity contribution is 5.90. The lowest BCUT2D eigenvalue weighted by Gasteiger charge is -2.10. The molecule has 0 fully saturated rings. The molecule has 1 amide bonds. The van der Waals surface area contributed by atoms with Crippen LogP contribution >= 0.6 is 0 Å². The lowest BCUT2D eigenvalue weighted by molar-refractivity contribution is -0.120. The molecule has 19 heavy (non-hydrogen) atoms. The number of anilines is 2. The van der Waals surface area contributed by atoms with Crippen molar-refractivity contribution >= 4 is 23.3 Å². The molecular weight excluding hydrogens is 246 g/mol. The van der Waals surface area contributed by atoms with E-state index in [2.05, 4.69) is 10.6 Å². The van der Waals surface area contributed by atoms with Gasteiger partial charge in [0.05, 0.1) is 16.9 Å². The summed E-state index contributed by atoms with van der Waals surface area (Å²) in [6.07, 6.45) is 1.25. The number of carbonyl (C=O) groups is 2. The van der Waals surface area contributed by atoms with Gasteiger partial charge >= 0.3 is 5.97 Å². The van der Waals surface area contributed by atoms with E-state index in [-0.39, 0.29) is 11.5 Å². The van der Waals surface area contributed by atoms with Crippen molar-refractivity contribution in [3.05, 3.63) is 23.8 Å². The quantitative estimate of drug-likeness (QED) is 0.556. The first kappa shape index (κ1) is 14.8. The average molecular weight is 265 g/mol. The summed E-state index contributed by atoms with van der Waals surface area (Å²) < 4.78 is 0. The lowest BCUT2D eigenvalue weighted by Crippen LogP contribution is -2.25. The van der Waals surface area contributed by atoms with E-state index in [1.807, 2.05) is 6.92 Å². The fourth-order valence-electron chi connectivity index (χ4n) is 1.52. The van der Waals surface area contributed by atoms with Gasteiger partial charge in [0.15, 0.2) is 0 Å². The van der Waals surface area contributed by atoms with Gasteiger partial charge in [0, 0.05) is 19.5 Å². The van der Waals surface area contributed by atoms with Crippen LogP contribution in [0, 0.1) is 0 Å². The number of hydrogen-bond acceptors (Lipinski definition) is 4. The van der Waals surface area contributed by atoms with Crippen molar-refractivity contribution in [2.45, 2.75) is 19.8 Å². The molecular formula is C13H19N3O3. The number of nitrogens with one attached hydrogen (secondary N) is 2. The number of carbonyl (C=O) groups excluding carboxylic acids is 1. The zero-order chi connectivity index (χ0) is 14.3. The topological polar surface area (TPSA) is 104 Å². The smallest absolute Gasteiger partial charge is 0.335 e. The van der Waals surface area contributed by atoms with Gasteiger partial charge in [-0.3, -0.25) is 4.79 Å². The minimum atomic E-state index is -1.02. The monoisotopic (exact) mass is 265 g/mol. The Morgan fingerprint density at radius 3 is 2.63 bits per heavy atom. The highest BCUT2D eigenvalue weighted by Crippen LogP contribution is 2.19. The number of carboxylic acids is 1. The molecule has 1 rings (SSSR count). The Balaban J connectivity index is 2.45. The summed E-state index contributed by atoms with van der Waals surface area (Å²) in [5.74, 6) is -1.03. The molecule has 0 heterocycles. The van der Waals surface area contributed by atoms with Crippen molar-refractivity contribution < 1.29 is 14.7 Å². The van der Waals surface area contributed by atoms with E-state index in [9.17, 15) is 9.59 Å². The van der Waals surface area contributed by atoms with Crippen molar-refractivity contribution in [1.29, 1.82) is 0 Å². The second kappa shape index (κ2) is 7.25. The zero-order valence-electron chi connectivity index (χ0n) is 10.9. The number of benzene rings is 1. The molecule has 0 aliphatic heterocycles. The van der Waals surface area contributed by atoms with E-state index < -0.39 is 5.97 Å². The molecule has 0 bridgehead atoms. The first-order chi connectivity index (χ1) is 9.04. The molecule has 1 aromatic carbocycles. The molecule has 0 aliphatic rings. The van der Waals surface area contributed by atoms with Gasteiger partial charge in [0.2, 0.25) is 5.91 Å². The van der Waals surface area contributed by atoms with Crippen LogP contribution in [0.3, 0.4) is 0 Å². The maximum absolute atomic E-state index is 11.4. The van der Waals surface area contributed by atoms with Gasteiger partial charge in [0.25, 0.3) is 0 Å². The molecule has 104 valence electrons. The molecule has 5 N–H and O–H groups in total. The van der Waals surface area contributed by atoms with Crippen molar-refractivity contribution in [3.8, 4) is 0 Å². The molecule has 0 aliphatic carbocycles. The van der Waals surface area contributed by atoms with E-state index in [0.717, 1.165) is 6.42 Å². The fourth-order valence-corrected chi connectivity index (χ4v) is 1.52. The van der Waals surface area contributed by atoms with Gasteiger partial charge in [0.1, 0.15) is 0 Å². The number of nitrogen functional groups attached to an aromatic ring is 1. The number of aromatic carboxylic acids is 1. The van der Waals surface area contributed by atoms with Crippen molar-refractivity contribution in [2.24, 2.45) is 0 Å². The van der Waals surface area contributed by atoms with E-state index >= 15 is 0 Å². The number of amides is 1. The molecule has 0 unspecified atom stereocenters. The summed E-state index contributed by atoms with van der Waals surface area (Å²) >= 11 is 0. The van der Waals surface area contributed by atoms with Crippen LogP contribution in [0.1, 0.15) is 30.1 Å². The normalized spacial score (nSPS) is 9.95. The summed E-state index contributed by atoms with van der Waals surface area (Å²) in [7, 11) is 0. The van der Waals surface area contributed by atoms with Crippen molar-refractivity contribution in [3.63, 3.8) is 0 Å². The van der Waals surface area contributed by atoms with Crippen molar-refractivity contribution in [2.75, 3.05) is 24.1 Å². The average Bonchev–Trinajstić information content (AvgIpc) is 2.38. The SMILES string of the molecule is CCCNC(=O)CCNc1ccc(C(=O)O)cc1N. The van der Waals surface area contributed by atoms with Crippen LogP contribution in [0.15, 0.2) is 18.2 Å². The molecule has 6 heteroatoms. The summed E-state index contributed by atoms with van der Waals surface area (Å²) in [6.45, 7) is 3.11. The van der Waals surface area contributed by atoms with Gasteiger partial charge in [-0.2, -0.15) is 0 Å². The molecule has 0 saturated heterocycles. The predicted molar refractivity (Wildman–Crippen MR) is 74.2 cm³/mol. The van der Waals surface area contributed by atoms with Crippen LogP contribution in [0.25, 0.3) is 0 Å². The van der Waals surface area contributed by atoms with E-state index in [0.29, 0.717) is 30.9 Å². The standard InChI is InChI=1S/C13H19N3O3/c1-2-6-16-12(17)5-7-15-11-4-3-9(13(18)19)8-10(11)14/h3-4,8,15H,2,5-7,14H2,1H3,(H,16,17)(H,18,19). The Kier molecular flexibility index (Phi) is 5.66. The summed E-state index contributed by atoms with van der Waals surface area (Å²) in [5, 5.41) is 14.6. The van der Waals surface area contributed by atoms with E-state index in [4.69, 9.17) is 10.8 Å². The van der Waals surface area contributed by atoms with Gasteiger partial charge in [-0.1, -0.05) is 6.92 Å². The Morgan fingerprint density at radius 2 is 2.05 bits per heavy atom. The van der Waals surface area contributed by atoms with Crippen LogP contribution in [-0.2, 0) is 4.79 Å². The highest BCUT2D eigenvalue weighted by Gasteiger charge is 2.06. The number of rotatable bonds is 7. The highest BCUT2D eigenvalue weighted by atomic mass is 16.4. The largest absolute Gasteiger partial charge is 0.478 e. The van der Waals surface area contributed by atoms with Crippen LogP contribution in [-0.4, -0.2) is 30.1 Å². The second-order valence-electron chi connectivity index (χ2n) is 4.13. The third kappa shape index (κ3) is 4.87. The third-order valence-electron chi connectivity index (χ3n) is 2.54. The predicted octanol–water partition coefficient (Wildman–Crippen LogP) is 1.30. The summed E-state index contributed by atoms with van der Waals surface area (Å²) in [6, 6.07) is 4.46. The molecule has 0 spiro atoms. The molecule has 1 aromatic rings. The minimum Gasteiger partial charge on any atom is -0.478 e. The van der Waals surface area contributed by atoms with Crippen molar-refractivity contribution in [1.82, 2.24) is 5.32 Å². The fraction of sp³-hybridized carbons (Fsp3) is 0.385. The van der Waals surface area contributed by atoms with Crippen LogP contribution in [0.5, 0.6) is 0 Å². The Morgan fingerprint density at radius 1 is 1.32 bits per heavy atom. The van der Waals surface area contributed by atoms with Gasteiger partial charge in [-0.15, -0.1) is 0 Å². The van der Waals surface area contributed by atoms with Gasteiger partial charge in [-0.25, -0.2) is 4.79 Å². The molecule has 0 aromatic heterocycles. The first-order valence-corrected chi connectivity index (χ1v) is 6.18. The Labute approximate surface area is 112 Å². The van der Waals surface area contributed by atoms with E-state index in [1.54, 1.807) is 6.07 Å². The number of hydrogen-bond donors (Lipinski definition) is 4. The van der Waals surface area contributed by atoms with Crippen LogP contribution in [0.2, 0.25) is 0 Å². The van der Waals surface area contributed by atoms with Crippen LogP contribution < -0.4 is 16.4 Å². The Hall–Kier alpha value is -2.24. The third-order valence-corrected chi connectivity index (χ3v) is 2.54. The molecule has 0 saturated carbocycles. The van der Waals surface area contributed by atoms with Gasteiger partial charge < -0.3 is 21.5 Å². The maximum atomic E-state index is 11.4. The first-order valence-electron chi connectivity index (χ1n) is 6.18. The number of carboxylic acid groups (broad SMARTS) is 1. The second-order valence-corrected chi connectivity index (χ2v) is 4.13. The molecule has 6 nitrogen and oxygen atoms in total. The Bertz CT molecular complexity index is 460. The minimum absolute atomic E-state index is 0.0184. The number of nitrogens with two attached hydrogens (primary N) is 1. The lowest BCUT2D eigenvalue weighted by atomic mass is 10.1. The summed E-state index contributed by atoms with van der Waals surface area (Å²) in [4.78, 5) is 22.1. The molecule has 0 radical (unpaired) electrons. The maximum Gasteiger partial charge on any atom is 0.335 e. The van der Waals surface area contributed by atoms with E-state index in [1.165, 1.54) is 12.1 Å².